The molecule has 0 radical (unpaired) electrons. The topological polar surface area (TPSA) is 6.48 Å². The van der Waals surface area contributed by atoms with Crippen molar-refractivity contribution in [2.75, 3.05) is 9.80 Å². The monoisotopic (exact) mass is 978 g/mol. The van der Waals surface area contributed by atoms with Crippen LogP contribution in [0.15, 0.2) is 303 Å². The third-order valence-electron chi connectivity index (χ3n) is 16.2. The molecule has 2 aliphatic rings. The fourth-order valence-electron chi connectivity index (χ4n) is 12.8. The zero-order valence-corrected chi connectivity index (χ0v) is 42.3. The molecular weight excluding hydrogens is 929 g/mol. The maximum absolute atomic E-state index is 2.52. The van der Waals surface area contributed by atoms with Crippen LogP contribution in [-0.4, -0.2) is 0 Å². The van der Waals surface area contributed by atoms with Gasteiger partial charge in [0.05, 0.1) is 11.1 Å². The van der Waals surface area contributed by atoms with Crippen LogP contribution in [0.5, 0.6) is 0 Å². The van der Waals surface area contributed by atoms with Crippen molar-refractivity contribution in [1.82, 2.24) is 0 Å². The molecule has 2 heteroatoms. The molecular formula is C75H50N2. The third-order valence-corrected chi connectivity index (χ3v) is 16.2. The second-order valence-corrected chi connectivity index (χ2v) is 20.4. The molecule has 0 saturated heterocycles. The highest BCUT2D eigenvalue weighted by atomic mass is 15.1. The highest BCUT2D eigenvalue weighted by Crippen LogP contribution is 2.64. The van der Waals surface area contributed by atoms with Crippen LogP contribution < -0.4 is 9.80 Å². The van der Waals surface area contributed by atoms with Gasteiger partial charge in [0.25, 0.3) is 0 Å². The summed E-state index contributed by atoms with van der Waals surface area (Å²) in [6.07, 6.45) is 0. The number of rotatable bonds is 9. The first-order valence-electron chi connectivity index (χ1n) is 26.7. The van der Waals surface area contributed by atoms with Gasteiger partial charge in [0.15, 0.2) is 0 Å². The molecule has 0 aromatic heterocycles. The molecule has 360 valence electrons. The molecule has 0 saturated carbocycles. The second-order valence-electron chi connectivity index (χ2n) is 20.4. The number of hydrogen-bond donors (Lipinski definition) is 0. The minimum absolute atomic E-state index is 0.628. The number of benzene rings is 13. The average molecular weight is 979 g/mol. The second kappa shape index (κ2) is 18.1. The minimum atomic E-state index is -0.628. The SMILES string of the molecule is c1ccc(-c2ccc(N(c3ccc(-c4ccccc4)cc3)c3ccc4c(c3)C3(c5ccccc5-4)c4ccccc4-c4ccc(N(c5ccccc5)c5ccc6ccccc6c5-c5ccc6ccccc6c5)cc43)cc2)cc1. The van der Waals surface area contributed by atoms with Crippen molar-refractivity contribution in [1.29, 1.82) is 0 Å². The van der Waals surface area contributed by atoms with Gasteiger partial charge in [-0.15, -0.1) is 0 Å². The summed E-state index contributed by atoms with van der Waals surface area (Å²) in [5, 5.41) is 4.87. The summed E-state index contributed by atoms with van der Waals surface area (Å²) < 4.78 is 0. The van der Waals surface area contributed by atoms with Gasteiger partial charge in [0, 0.05) is 34.0 Å². The van der Waals surface area contributed by atoms with Gasteiger partial charge in [-0.25, -0.2) is 0 Å². The predicted molar refractivity (Wildman–Crippen MR) is 323 cm³/mol. The van der Waals surface area contributed by atoms with Crippen molar-refractivity contribution in [2.45, 2.75) is 5.41 Å². The molecule has 0 amide bonds. The Labute approximate surface area is 449 Å². The normalized spacial score (nSPS) is 13.8. The lowest BCUT2D eigenvalue weighted by atomic mass is 9.70. The van der Waals surface area contributed by atoms with Gasteiger partial charge in [-0.1, -0.05) is 231 Å². The highest BCUT2D eigenvalue weighted by Gasteiger charge is 2.52. The quantitative estimate of drug-likeness (QED) is 0.142. The zero-order valence-electron chi connectivity index (χ0n) is 42.3. The van der Waals surface area contributed by atoms with Crippen LogP contribution >= 0.6 is 0 Å². The Kier molecular flexibility index (Phi) is 10.5. The number of fused-ring (bicyclic) bond motifs is 12. The molecule has 1 atom stereocenters. The van der Waals surface area contributed by atoms with Crippen LogP contribution in [0.25, 0.3) is 77.2 Å². The molecule has 0 N–H and O–H groups in total. The lowest BCUT2D eigenvalue weighted by molar-refractivity contribution is 0.793. The molecule has 2 nitrogen and oxygen atoms in total. The van der Waals surface area contributed by atoms with Crippen LogP contribution in [0.1, 0.15) is 22.3 Å². The molecule has 0 heterocycles. The maximum atomic E-state index is 2.52. The molecule has 13 aromatic carbocycles. The summed E-state index contributed by atoms with van der Waals surface area (Å²) in [7, 11) is 0. The molecule has 15 rings (SSSR count). The maximum Gasteiger partial charge on any atom is 0.0727 e. The van der Waals surface area contributed by atoms with Gasteiger partial charge >= 0.3 is 0 Å². The summed E-state index contributed by atoms with van der Waals surface area (Å²) in [6.45, 7) is 0. The Hall–Kier alpha value is -10.0. The van der Waals surface area contributed by atoms with Gasteiger partial charge in [-0.05, 0) is 167 Å². The van der Waals surface area contributed by atoms with E-state index in [1.54, 1.807) is 0 Å². The van der Waals surface area contributed by atoms with Crippen LogP contribution in [-0.2, 0) is 5.41 Å². The summed E-state index contributed by atoms with van der Waals surface area (Å²) >= 11 is 0. The Morgan fingerprint density at radius 1 is 0.221 bits per heavy atom. The molecule has 2 aliphatic carbocycles. The van der Waals surface area contributed by atoms with E-state index in [2.05, 4.69) is 313 Å². The summed E-state index contributed by atoms with van der Waals surface area (Å²) in [5.41, 5.74) is 23.3. The fourth-order valence-corrected chi connectivity index (χ4v) is 12.8. The van der Waals surface area contributed by atoms with Crippen molar-refractivity contribution in [3.63, 3.8) is 0 Å². The lowest BCUT2D eigenvalue weighted by Gasteiger charge is -2.34. The van der Waals surface area contributed by atoms with Gasteiger partial charge in [0.2, 0.25) is 0 Å². The lowest BCUT2D eigenvalue weighted by Crippen LogP contribution is -2.26. The first kappa shape index (κ1) is 44.5. The van der Waals surface area contributed by atoms with Gasteiger partial charge < -0.3 is 9.80 Å². The Morgan fingerprint density at radius 2 is 0.623 bits per heavy atom. The van der Waals surface area contributed by atoms with E-state index in [1.165, 1.54) is 99.4 Å². The van der Waals surface area contributed by atoms with E-state index >= 15 is 0 Å². The summed E-state index contributed by atoms with van der Waals surface area (Å²) in [4.78, 5) is 4.93. The van der Waals surface area contributed by atoms with Crippen LogP contribution in [0, 0.1) is 0 Å². The van der Waals surface area contributed by atoms with E-state index in [9.17, 15) is 0 Å². The van der Waals surface area contributed by atoms with E-state index in [-0.39, 0.29) is 0 Å². The molecule has 0 aliphatic heterocycles. The number of anilines is 6. The van der Waals surface area contributed by atoms with E-state index in [1.807, 2.05) is 0 Å². The van der Waals surface area contributed by atoms with E-state index in [4.69, 9.17) is 0 Å². The van der Waals surface area contributed by atoms with E-state index in [0.717, 1.165) is 34.1 Å². The van der Waals surface area contributed by atoms with Crippen LogP contribution in [0.4, 0.5) is 34.1 Å². The minimum Gasteiger partial charge on any atom is -0.310 e. The molecule has 1 spiro atoms. The predicted octanol–water partition coefficient (Wildman–Crippen LogP) is 20.3. The zero-order chi connectivity index (χ0) is 50.9. The number of hydrogen-bond acceptors (Lipinski definition) is 2. The smallest absolute Gasteiger partial charge is 0.0727 e. The Balaban J connectivity index is 0.953. The van der Waals surface area contributed by atoms with E-state index < -0.39 is 5.41 Å². The van der Waals surface area contributed by atoms with Crippen LogP contribution in [0.3, 0.4) is 0 Å². The van der Waals surface area contributed by atoms with Gasteiger partial charge in [-0.3, -0.25) is 0 Å². The van der Waals surface area contributed by atoms with Crippen molar-refractivity contribution in [3.8, 4) is 55.6 Å². The highest BCUT2D eigenvalue weighted by molar-refractivity contribution is 6.07. The van der Waals surface area contributed by atoms with Crippen molar-refractivity contribution >= 4 is 55.7 Å². The molecule has 1 unspecified atom stereocenters. The first-order valence-corrected chi connectivity index (χ1v) is 26.7. The molecule has 77 heavy (non-hydrogen) atoms. The molecule has 0 fully saturated rings. The third kappa shape index (κ3) is 7.18. The standard InChI is InChI=1S/C75H50N2/c1-4-18-51(19-5-1)54-34-39-60(40-35-54)76(61-41-36-55(37-42-61)52-20-6-2-7-21-52)62-43-45-67-65-28-14-16-30-69(65)75(71(67)49-62)70-31-17-15-29-66(70)68-46-44-63(50-72(68)75)77(59-25-8-3-9-26-59)73-47-38-56-23-12-13-27-64(56)74(73)58-33-32-53-22-10-11-24-57(53)48-58/h1-50H. The Bertz CT molecular complexity index is 4280. The average Bonchev–Trinajstić information content (AvgIpc) is 4.07. The van der Waals surface area contributed by atoms with Gasteiger partial charge in [0.1, 0.15) is 0 Å². The van der Waals surface area contributed by atoms with Crippen LogP contribution in [0.2, 0.25) is 0 Å². The largest absolute Gasteiger partial charge is 0.310 e. The summed E-state index contributed by atoms with van der Waals surface area (Å²) in [5.74, 6) is 0. The number of nitrogens with zero attached hydrogens (tertiary/aromatic N) is 2. The van der Waals surface area contributed by atoms with Crippen molar-refractivity contribution < 1.29 is 0 Å². The molecule has 0 bridgehead atoms. The van der Waals surface area contributed by atoms with Crippen molar-refractivity contribution in [2.24, 2.45) is 0 Å². The Morgan fingerprint density at radius 3 is 1.21 bits per heavy atom. The molecule has 13 aromatic rings. The first-order chi connectivity index (χ1) is 38.2. The van der Waals surface area contributed by atoms with Gasteiger partial charge in [-0.2, -0.15) is 0 Å². The number of para-hydroxylation sites is 1. The van der Waals surface area contributed by atoms with Crippen molar-refractivity contribution in [3.05, 3.63) is 326 Å². The fraction of sp³-hybridized carbons (Fsp3) is 0.0133. The van der Waals surface area contributed by atoms with E-state index in [0.29, 0.717) is 0 Å². The summed E-state index contributed by atoms with van der Waals surface area (Å²) in [6, 6.07) is 112.